The quantitative estimate of drug-likeness (QED) is 0.797. The number of piperazine rings is 1. The second-order valence-electron chi connectivity index (χ2n) is 9.06. The van der Waals surface area contributed by atoms with Crippen molar-refractivity contribution in [2.45, 2.75) is 34.2 Å². The molecule has 0 radical (unpaired) electrons. The molecule has 0 atom stereocenters. The van der Waals surface area contributed by atoms with Gasteiger partial charge in [-0.15, -0.1) is 0 Å². The lowest BCUT2D eigenvalue weighted by molar-refractivity contribution is -0.135. The van der Waals surface area contributed by atoms with Crippen molar-refractivity contribution in [3.05, 3.63) is 41.6 Å². The molecule has 1 amide bonds. The molecule has 1 aromatic carbocycles. The average molecular weight is 371 g/mol. The van der Waals surface area contributed by atoms with Crippen LogP contribution < -0.4 is 0 Å². The molecule has 2 aliphatic heterocycles. The van der Waals surface area contributed by atoms with Crippen LogP contribution >= 0.6 is 0 Å². The zero-order chi connectivity index (χ0) is 19.6. The monoisotopic (exact) mass is 370 g/mol. The second-order valence-corrected chi connectivity index (χ2v) is 9.06. The van der Waals surface area contributed by atoms with E-state index in [1.165, 1.54) is 16.8 Å². The summed E-state index contributed by atoms with van der Waals surface area (Å²) in [5, 5.41) is 0. The van der Waals surface area contributed by atoms with Crippen LogP contribution in [0.1, 0.15) is 38.8 Å². The van der Waals surface area contributed by atoms with E-state index in [1.54, 1.807) is 0 Å². The van der Waals surface area contributed by atoms with Gasteiger partial charge in [0.25, 0.3) is 0 Å². The average Bonchev–Trinajstić information content (AvgIpc) is 2.94. The van der Waals surface area contributed by atoms with Gasteiger partial charge in [0.1, 0.15) is 0 Å². The summed E-state index contributed by atoms with van der Waals surface area (Å²) in [7, 11) is 2.13. The summed E-state index contributed by atoms with van der Waals surface area (Å²) < 4.78 is 0. The molecule has 0 aromatic heterocycles. The Morgan fingerprint density at radius 1 is 1.11 bits per heavy atom. The Kier molecular flexibility index (Phi) is 5.80. The van der Waals surface area contributed by atoms with Crippen molar-refractivity contribution in [1.82, 2.24) is 19.6 Å². The van der Waals surface area contributed by atoms with Gasteiger partial charge in [-0.05, 0) is 29.5 Å². The molecule has 0 unspecified atom stereocenters. The number of likely N-dealkylation sites (N-methyl/N-ethyl adjacent to an activating group) is 1. The maximum absolute atomic E-state index is 12.2. The topological polar surface area (TPSA) is 30.0 Å². The van der Waals surface area contributed by atoms with Crippen LogP contribution in [0.3, 0.4) is 0 Å². The summed E-state index contributed by atoms with van der Waals surface area (Å²) >= 11 is 0. The van der Waals surface area contributed by atoms with Crippen LogP contribution in [0.4, 0.5) is 0 Å². The molecule has 0 aliphatic carbocycles. The van der Waals surface area contributed by atoms with Gasteiger partial charge in [0.05, 0.1) is 18.9 Å². The van der Waals surface area contributed by atoms with E-state index in [4.69, 9.17) is 0 Å². The van der Waals surface area contributed by atoms with Gasteiger partial charge in [-0.3, -0.25) is 9.69 Å². The number of nitrogens with zero attached hydrogens (tertiary/aromatic N) is 4. The fourth-order valence-corrected chi connectivity index (χ4v) is 3.96. The Morgan fingerprint density at radius 2 is 1.89 bits per heavy atom. The van der Waals surface area contributed by atoms with Crippen LogP contribution in [0.15, 0.2) is 30.5 Å². The number of rotatable bonds is 5. The summed E-state index contributed by atoms with van der Waals surface area (Å²) in [5.41, 5.74) is 4.08. The fraction of sp³-hybridized carbons (Fsp3) is 0.591. The molecule has 27 heavy (non-hydrogen) atoms. The van der Waals surface area contributed by atoms with Crippen molar-refractivity contribution in [3.63, 3.8) is 0 Å². The smallest absolute Gasteiger partial charge is 0.236 e. The van der Waals surface area contributed by atoms with E-state index < -0.39 is 0 Å². The van der Waals surface area contributed by atoms with Crippen LogP contribution in [0.2, 0.25) is 0 Å². The molecule has 5 nitrogen and oxygen atoms in total. The van der Waals surface area contributed by atoms with Gasteiger partial charge >= 0.3 is 0 Å². The lowest BCUT2D eigenvalue weighted by atomic mass is 9.95. The molecule has 148 valence electrons. The van der Waals surface area contributed by atoms with Crippen molar-refractivity contribution in [3.8, 4) is 0 Å². The number of amides is 1. The molecule has 3 rings (SSSR count). The molecule has 0 bridgehead atoms. The largest absolute Gasteiger partial charge is 0.361 e. The first-order chi connectivity index (χ1) is 12.7. The van der Waals surface area contributed by atoms with Crippen molar-refractivity contribution in [2.24, 2.45) is 5.41 Å². The second kappa shape index (κ2) is 7.93. The fourth-order valence-electron chi connectivity index (χ4n) is 3.96. The summed E-state index contributed by atoms with van der Waals surface area (Å²) in [4.78, 5) is 21.1. The first-order valence-electron chi connectivity index (χ1n) is 10.0. The van der Waals surface area contributed by atoms with E-state index in [2.05, 4.69) is 73.0 Å². The van der Waals surface area contributed by atoms with Crippen molar-refractivity contribution in [1.29, 1.82) is 0 Å². The molecule has 1 aromatic rings. The van der Waals surface area contributed by atoms with Crippen LogP contribution in [0.25, 0.3) is 5.70 Å². The number of carbonyl (C=O) groups is 1. The third-order valence-corrected chi connectivity index (χ3v) is 5.15. The third-order valence-electron chi connectivity index (χ3n) is 5.15. The van der Waals surface area contributed by atoms with E-state index in [0.717, 1.165) is 39.4 Å². The van der Waals surface area contributed by atoms with E-state index in [0.29, 0.717) is 6.54 Å². The van der Waals surface area contributed by atoms with E-state index >= 15 is 0 Å². The minimum Gasteiger partial charge on any atom is -0.361 e. The van der Waals surface area contributed by atoms with Gasteiger partial charge in [0, 0.05) is 46.0 Å². The molecule has 0 N–H and O–H groups in total. The summed E-state index contributed by atoms with van der Waals surface area (Å²) in [6, 6.07) is 8.80. The van der Waals surface area contributed by atoms with E-state index in [9.17, 15) is 4.79 Å². The zero-order valence-electron chi connectivity index (χ0n) is 17.5. The Balaban J connectivity index is 1.72. The van der Waals surface area contributed by atoms with Crippen LogP contribution in [0.5, 0.6) is 0 Å². The maximum Gasteiger partial charge on any atom is 0.236 e. The first kappa shape index (κ1) is 19.7. The van der Waals surface area contributed by atoms with Gasteiger partial charge in [-0.2, -0.15) is 0 Å². The van der Waals surface area contributed by atoms with Gasteiger partial charge < -0.3 is 14.7 Å². The number of hydrogen-bond donors (Lipinski definition) is 0. The number of hydrogen-bond acceptors (Lipinski definition) is 4. The highest BCUT2D eigenvalue weighted by molar-refractivity contribution is 5.79. The lowest BCUT2D eigenvalue weighted by Gasteiger charge is -2.33. The van der Waals surface area contributed by atoms with Crippen LogP contribution in [0, 0.1) is 5.41 Å². The molecule has 0 spiro atoms. The maximum atomic E-state index is 12.2. The minimum atomic E-state index is 0.247. The van der Waals surface area contributed by atoms with Gasteiger partial charge in [0.15, 0.2) is 0 Å². The predicted octanol–water partition coefficient (Wildman–Crippen LogP) is 2.90. The number of carbonyl (C=O) groups excluding carboxylic acids is 1. The molecule has 2 aliphatic rings. The van der Waals surface area contributed by atoms with Gasteiger partial charge in [-0.1, -0.05) is 39.0 Å². The molecule has 1 saturated heterocycles. The highest BCUT2D eigenvalue weighted by Crippen LogP contribution is 2.29. The Hall–Kier alpha value is -2.01. The number of benzene rings is 1. The minimum absolute atomic E-state index is 0.247. The molecule has 2 heterocycles. The Morgan fingerprint density at radius 3 is 2.56 bits per heavy atom. The van der Waals surface area contributed by atoms with Gasteiger partial charge in [-0.25, -0.2) is 0 Å². The van der Waals surface area contributed by atoms with Crippen LogP contribution in [-0.2, 0) is 11.3 Å². The summed E-state index contributed by atoms with van der Waals surface area (Å²) in [5.74, 6) is 0.247. The molecule has 1 fully saturated rings. The highest BCUT2D eigenvalue weighted by atomic mass is 16.2. The van der Waals surface area contributed by atoms with E-state index in [1.807, 2.05) is 11.8 Å². The molecule has 5 heteroatoms. The zero-order valence-corrected chi connectivity index (χ0v) is 17.5. The van der Waals surface area contributed by atoms with Gasteiger partial charge in [0.2, 0.25) is 5.91 Å². The Labute approximate surface area is 164 Å². The van der Waals surface area contributed by atoms with Crippen molar-refractivity contribution >= 4 is 11.6 Å². The van der Waals surface area contributed by atoms with Crippen molar-refractivity contribution in [2.75, 3.05) is 46.4 Å². The van der Waals surface area contributed by atoms with Crippen molar-refractivity contribution < 1.29 is 4.79 Å². The summed E-state index contributed by atoms with van der Waals surface area (Å²) in [6.07, 6.45) is 2.24. The SMILES string of the molecule is CCN1CCN(Cc2cccc(C3=CN(C)CN3CC(C)(C)C)c2)CC1=O. The molecular weight excluding hydrogens is 336 g/mol. The first-order valence-corrected chi connectivity index (χ1v) is 10.0. The lowest BCUT2D eigenvalue weighted by Crippen LogP contribution is -2.49. The molecule has 0 saturated carbocycles. The third kappa shape index (κ3) is 5.04. The molecular formula is C22H34N4O. The normalized spacial score (nSPS) is 19.1. The predicted molar refractivity (Wildman–Crippen MR) is 111 cm³/mol. The Bertz CT molecular complexity index is 707. The standard InChI is InChI=1S/C22H34N4O/c1-6-25-11-10-24(15-21(25)27)13-18-8-7-9-19(12-18)20-14-23(5)17-26(20)16-22(2,3)4/h7-9,12,14H,6,10-11,13,15-17H2,1-5H3. The van der Waals surface area contributed by atoms with E-state index in [-0.39, 0.29) is 11.3 Å². The summed E-state index contributed by atoms with van der Waals surface area (Å²) in [6.45, 7) is 14.8. The highest BCUT2D eigenvalue weighted by Gasteiger charge is 2.26. The van der Waals surface area contributed by atoms with Crippen LogP contribution in [-0.4, -0.2) is 71.9 Å².